The Labute approximate surface area is 123 Å². The number of aromatic nitrogens is 1. The molecule has 110 valence electrons. The number of pyridine rings is 1. The molecule has 1 aromatic carbocycles. The number of Topliss-reactive ketones (excluding diaryl/α,β-unsaturated/α-hetero) is 1. The summed E-state index contributed by atoms with van der Waals surface area (Å²) in [5.74, 6) is -0.476. The van der Waals surface area contributed by atoms with Crippen molar-refractivity contribution in [3.05, 3.63) is 65.7 Å². The Balaban J connectivity index is 1.75. The van der Waals surface area contributed by atoms with E-state index in [-0.39, 0.29) is 11.6 Å². The zero-order valence-electron chi connectivity index (χ0n) is 12.0. The van der Waals surface area contributed by atoms with Crippen LogP contribution in [0.3, 0.4) is 0 Å². The van der Waals surface area contributed by atoms with Crippen molar-refractivity contribution in [2.45, 2.75) is 25.9 Å². The molecule has 0 saturated heterocycles. The fraction of sp³-hybridized carbons (Fsp3) is 0.294. The number of rotatable bonds is 7. The fourth-order valence-electron chi connectivity index (χ4n) is 2.01. The molecule has 2 aromatic rings. The SMILES string of the molecule is CC(OCCCc1ccncc1)C(=O)c1ccc(F)cc1. The summed E-state index contributed by atoms with van der Waals surface area (Å²) in [6.07, 6.45) is 4.73. The second kappa shape index (κ2) is 7.64. The number of halogens is 1. The highest BCUT2D eigenvalue weighted by atomic mass is 19.1. The molecule has 0 N–H and O–H groups in total. The lowest BCUT2D eigenvalue weighted by Crippen LogP contribution is -2.21. The van der Waals surface area contributed by atoms with Crippen molar-refractivity contribution >= 4 is 5.78 Å². The third-order valence-electron chi connectivity index (χ3n) is 3.22. The lowest BCUT2D eigenvalue weighted by atomic mass is 10.1. The molecule has 4 heteroatoms. The molecule has 1 aromatic heterocycles. The molecule has 0 saturated carbocycles. The smallest absolute Gasteiger partial charge is 0.191 e. The van der Waals surface area contributed by atoms with Crippen LogP contribution in [0, 0.1) is 5.82 Å². The molecule has 0 fully saturated rings. The van der Waals surface area contributed by atoms with Crippen LogP contribution in [0.2, 0.25) is 0 Å². The van der Waals surface area contributed by atoms with Gasteiger partial charge in [-0.25, -0.2) is 4.39 Å². The van der Waals surface area contributed by atoms with E-state index >= 15 is 0 Å². The summed E-state index contributed by atoms with van der Waals surface area (Å²) in [6.45, 7) is 2.23. The minimum atomic E-state index is -0.520. The standard InChI is InChI=1S/C17H18FNO2/c1-13(17(20)15-4-6-16(18)7-5-15)21-12-2-3-14-8-10-19-11-9-14/h4-11,13H,2-3,12H2,1H3. The van der Waals surface area contributed by atoms with Gasteiger partial charge in [-0.15, -0.1) is 0 Å². The predicted molar refractivity (Wildman–Crippen MR) is 78.7 cm³/mol. The van der Waals surface area contributed by atoms with Crippen molar-refractivity contribution in [2.24, 2.45) is 0 Å². The molecule has 21 heavy (non-hydrogen) atoms. The second-order valence-electron chi connectivity index (χ2n) is 4.84. The maximum Gasteiger partial charge on any atom is 0.191 e. The number of carbonyl (C=O) groups excluding carboxylic acids is 1. The largest absolute Gasteiger partial charge is 0.370 e. The van der Waals surface area contributed by atoms with Crippen molar-refractivity contribution in [1.82, 2.24) is 4.98 Å². The van der Waals surface area contributed by atoms with Gasteiger partial charge >= 0.3 is 0 Å². The normalized spacial score (nSPS) is 12.1. The van der Waals surface area contributed by atoms with Gasteiger partial charge in [0.1, 0.15) is 11.9 Å². The molecule has 1 heterocycles. The summed E-state index contributed by atoms with van der Waals surface area (Å²) < 4.78 is 18.4. The zero-order valence-corrected chi connectivity index (χ0v) is 12.0. The number of ketones is 1. The highest BCUT2D eigenvalue weighted by Gasteiger charge is 2.15. The monoisotopic (exact) mass is 287 g/mol. The molecule has 0 aliphatic rings. The summed E-state index contributed by atoms with van der Waals surface area (Å²) in [5, 5.41) is 0. The molecular weight excluding hydrogens is 269 g/mol. The second-order valence-corrected chi connectivity index (χ2v) is 4.84. The van der Waals surface area contributed by atoms with Crippen molar-refractivity contribution < 1.29 is 13.9 Å². The van der Waals surface area contributed by atoms with E-state index in [1.165, 1.54) is 29.8 Å². The first-order valence-corrected chi connectivity index (χ1v) is 6.97. The average Bonchev–Trinajstić information content (AvgIpc) is 2.52. The van der Waals surface area contributed by atoms with Crippen molar-refractivity contribution in [3.63, 3.8) is 0 Å². The van der Waals surface area contributed by atoms with Gasteiger partial charge in [0.2, 0.25) is 0 Å². The van der Waals surface area contributed by atoms with Gasteiger partial charge in [-0.1, -0.05) is 0 Å². The van der Waals surface area contributed by atoms with Crippen LogP contribution in [-0.2, 0) is 11.2 Å². The Bertz CT molecular complexity index is 569. The maximum absolute atomic E-state index is 12.8. The van der Waals surface area contributed by atoms with E-state index < -0.39 is 6.10 Å². The number of hydrogen-bond acceptors (Lipinski definition) is 3. The molecule has 3 nitrogen and oxygen atoms in total. The predicted octanol–water partition coefficient (Wildman–Crippen LogP) is 3.44. The molecule has 0 radical (unpaired) electrons. The summed E-state index contributed by atoms with van der Waals surface area (Å²) in [6, 6.07) is 9.45. The van der Waals surface area contributed by atoms with Crippen molar-refractivity contribution in [1.29, 1.82) is 0 Å². The van der Waals surface area contributed by atoms with Crippen LogP contribution in [0.4, 0.5) is 4.39 Å². The van der Waals surface area contributed by atoms with Gasteiger partial charge in [0.05, 0.1) is 0 Å². The highest BCUT2D eigenvalue weighted by molar-refractivity contribution is 5.99. The average molecular weight is 287 g/mol. The van der Waals surface area contributed by atoms with E-state index in [0.29, 0.717) is 12.2 Å². The minimum absolute atomic E-state index is 0.126. The molecule has 0 aliphatic carbocycles. The Morgan fingerprint density at radius 1 is 1.19 bits per heavy atom. The Morgan fingerprint density at radius 3 is 2.52 bits per heavy atom. The van der Waals surface area contributed by atoms with E-state index in [0.717, 1.165) is 12.8 Å². The molecule has 0 aliphatic heterocycles. The van der Waals surface area contributed by atoms with Crippen LogP contribution in [0.15, 0.2) is 48.8 Å². The van der Waals surface area contributed by atoms with Crippen LogP contribution < -0.4 is 0 Å². The van der Waals surface area contributed by atoms with E-state index in [1.807, 2.05) is 12.1 Å². The van der Waals surface area contributed by atoms with Gasteiger partial charge < -0.3 is 4.74 Å². The van der Waals surface area contributed by atoms with E-state index in [2.05, 4.69) is 4.98 Å². The van der Waals surface area contributed by atoms with Gasteiger partial charge in [-0.2, -0.15) is 0 Å². The third-order valence-corrected chi connectivity index (χ3v) is 3.22. The molecular formula is C17H18FNO2. The molecule has 2 rings (SSSR count). The maximum atomic E-state index is 12.8. The number of nitrogens with zero attached hydrogens (tertiary/aromatic N) is 1. The topological polar surface area (TPSA) is 39.2 Å². The number of benzene rings is 1. The first kappa shape index (κ1) is 15.3. The van der Waals surface area contributed by atoms with Crippen LogP contribution >= 0.6 is 0 Å². The fourth-order valence-corrected chi connectivity index (χ4v) is 2.01. The van der Waals surface area contributed by atoms with Crippen molar-refractivity contribution in [2.75, 3.05) is 6.61 Å². The third kappa shape index (κ3) is 4.76. The number of carbonyl (C=O) groups is 1. The summed E-state index contributed by atoms with van der Waals surface area (Å²) in [5.41, 5.74) is 1.67. The Hall–Kier alpha value is -2.07. The number of aryl methyl sites for hydroxylation is 1. The van der Waals surface area contributed by atoms with E-state index in [9.17, 15) is 9.18 Å². The van der Waals surface area contributed by atoms with Crippen molar-refractivity contribution in [3.8, 4) is 0 Å². The van der Waals surface area contributed by atoms with Crippen LogP contribution in [-0.4, -0.2) is 23.5 Å². The van der Waals surface area contributed by atoms with E-state index in [4.69, 9.17) is 4.74 Å². The van der Waals surface area contributed by atoms with Gasteiger partial charge in [0.15, 0.2) is 5.78 Å². The molecule has 0 spiro atoms. The first-order chi connectivity index (χ1) is 10.2. The van der Waals surface area contributed by atoms with Crippen LogP contribution in [0.25, 0.3) is 0 Å². The molecule has 0 bridgehead atoms. The minimum Gasteiger partial charge on any atom is -0.370 e. The highest BCUT2D eigenvalue weighted by Crippen LogP contribution is 2.09. The van der Waals surface area contributed by atoms with Gasteiger partial charge in [0.25, 0.3) is 0 Å². The summed E-state index contributed by atoms with van der Waals surface area (Å²) in [4.78, 5) is 16.0. The lowest BCUT2D eigenvalue weighted by Gasteiger charge is -2.12. The van der Waals surface area contributed by atoms with Gasteiger partial charge in [0, 0.05) is 24.6 Å². The number of hydrogen-bond donors (Lipinski definition) is 0. The molecule has 0 amide bonds. The Morgan fingerprint density at radius 2 is 1.86 bits per heavy atom. The summed E-state index contributed by atoms with van der Waals surface area (Å²) >= 11 is 0. The summed E-state index contributed by atoms with van der Waals surface area (Å²) in [7, 11) is 0. The molecule has 1 atom stereocenters. The zero-order chi connectivity index (χ0) is 15.1. The number of ether oxygens (including phenoxy) is 1. The molecule has 1 unspecified atom stereocenters. The first-order valence-electron chi connectivity index (χ1n) is 6.97. The van der Waals surface area contributed by atoms with Gasteiger partial charge in [-0.3, -0.25) is 9.78 Å². The van der Waals surface area contributed by atoms with Gasteiger partial charge in [-0.05, 0) is 61.7 Å². The van der Waals surface area contributed by atoms with Crippen LogP contribution in [0.5, 0.6) is 0 Å². The quantitative estimate of drug-likeness (QED) is 0.578. The Kier molecular flexibility index (Phi) is 5.58. The van der Waals surface area contributed by atoms with Crippen LogP contribution in [0.1, 0.15) is 29.3 Å². The van der Waals surface area contributed by atoms with E-state index in [1.54, 1.807) is 19.3 Å². The lowest BCUT2D eigenvalue weighted by molar-refractivity contribution is 0.0470.